The zero-order chi connectivity index (χ0) is 21.0. The largest absolute Gasteiger partial charge is 0.467 e. The molecule has 0 unspecified atom stereocenters. The number of hydrogen-bond donors (Lipinski definition) is 2. The lowest BCUT2D eigenvalue weighted by molar-refractivity contribution is -0.151. The van der Waals surface area contributed by atoms with E-state index < -0.39 is 12.1 Å². The summed E-state index contributed by atoms with van der Waals surface area (Å²) in [5, 5.41) is 17.3. The summed E-state index contributed by atoms with van der Waals surface area (Å²) in [5.41, 5.74) is 4.72. The maximum absolute atomic E-state index is 11.4. The quantitative estimate of drug-likeness (QED) is 0.593. The van der Waals surface area contributed by atoms with E-state index in [4.69, 9.17) is 0 Å². The fourth-order valence-electron chi connectivity index (χ4n) is 2.91. The van der Waals surface area contributed by atoms with Crippen molar-refractivity contribution in [3.8, 4) is 11.1 Å². The van der Waals surface area contributed by atoms with Gasteiger partial charge in [-0.05, 0) is 42.2 Å². The van der Waals surface area contributed by atoms with E-state index in [9.17, 15) is 9.90 Å². The molecule has 0 aliphatic carbocycles. The lowest BCUT2D eigenvalue weighted by Crippen LogP contribution is -2.27. The molecular formula is C21H25N5O3. The van der Waals surface area contributed by atoms with Gasteiger partial charge in [-0.25, -0.2) is 14.8 Å². The van der Waals surface area contributed by atoms with Crippen LogP contribution in [0.3, 0.4) is 0 Å². The van der Waals surface area contributed by atoms with Gasteiger partial charge in [0, 0.05) is 29.3 Å². The Kier molecular flexibility index (Phi) is 6.23. The Hall–Kier alpha value is -3.26. The van der Waals surface area contributed by atoms with Crippen LogP contribution in [0.25, 0.3) is 11.1 Å². The van der Waals surface area contributed by atoms with Crippen LogP contribution in [0.4, 0.5) is 11.6 Å². The molecule has 1 aromatic carbocycles. The molecule has 2 N–H and O–H groups in total. The second-order valence-corrected chi connectivity index (χ2v) is 7.16. The van der Waals surface area contributed by atoms with Crippen LogP contribution >= 0.6 is 0 Å². The number of hydrogen-bond acceptors (Lipinski definition) is 7. The Labute approximate surface area is 169 Å². The number of aromatic nitrogens is 4. The Morgan fingerprint density at radius 2 is 2.07 bits per heavy atom. The molecule has 8 heteroatoms. The van der Waals surface area contributed by atoms with Crippen LogP contribution in [-0.4, -0.2) is 44.0 Å². The minimum atomic E-state index is -1.26. The molecule has 3 aromatic rings. The van der Waals surface area contributed by atoms with Crippen LogP contribution in [0.5, 0.6) is 0 Å². The highest BCUT2D eigenvalue weighted by Crippen LogP contribution is 2.26. The van der Waals surface area contributed by atoms with E-state index in [1.165, 1.54) is 11.8 Å². The Bertz CT molecular complexity index is 999. The number of nitrogens with one attached hydrogen (secondary N) is 1. The molecule has 2 aromatic heterocycles. The predicted molar refractivity (Wildman–Crippen MR) is 110 cm³/mol. The van der Waals surface area contributed by atoms with Gasteiger partial charge in [-0.3, -0.25) is 4.68 Å². The number of aliphatic hydroxyl groups excluding tert-OH is 1. The molecule has 0 bridgehead atoms. The van der Waals surface area contributed by atoms with Crippen molar-refractivity contribution in [2.24, 2.45) is 0 Å². The van der Waals surface area contributed by atoms with Gasteiger partial charge in [-0.2, -0.15) is 5.10 Å². The van der Waals surface area contributed by atoms with E-state index in [0.29, 0.717) is 11.9 Å². The van der Waals surface area contributed by atoms with Crippen molar-refractivity contribution in [1.82, 2.24) is 19.7 Å². The minimum absolute atomic E-state index is 0.0272. The lowest BCUT2D eigenvalue weighted by atomic mass is 10.1. The Morgan fingerprint density at radius 3 is 2.79 bits per heavy atom. The van der Waals surface area contributed by atoms with Gasteiger partial charge in [0.05, 0.1) is 19.9 Å². The molecule has 0 amide bonds. The topological polar surface area (TPSA) is 102 Å². The molecule has 0 aliphatic rings. The molecule has 29 heavy (non-hydrogen) atoms. The third kappa shape index (κ3) is 5.17. The van der Waals surface area contributed by atoms with Crippen LogP contribution < -0.4 is 5.32 Å². The van der Waals surface area contributed by atoms with Crippen molar-refractivity contribution in [3.05, 3.63) is 54.1 Å². The number of nitrogens with zero attached hydrogens (tertiary/aromatic N) is 4. The van der Waals surface area contributed by atoms with Crippen molar-refractivity contribution >= 4 is 17.6 Å². The molecule has 3 rings (SSSR count). The molecule has 1 atom stereocenters. The van der Waals surface area contributed by atoms with Gasteiger partial charge in [0.15, 0.2) is 6.10 Å². The van der Waals surface area contributed by atoms with Gasteiger partial charge in [0.25, 0.3) is 0 Å². The highest BCUT2D eigenvalue weighted by Gasteiger charge is 2.16. The molecule has 0 fully saturated rings. The first kappa shape index (κ1) is 20.5. The fraction of sp³-hybridized carbons (Fsp3) is 0.333. The monoisotopic (exact) mass is 395 g/mol. The Morgan fingerprint density at radius 1 is 1.28 bits per heavy atom. The van der Waals surface area contributed by atoms with Gasteiger partial charge in [-0.1, -0.05) is 19.9 Å². The summed E-state index contributed by atoms with van der Waals surface area (Å²) >= 11 is 0. The molecule has 152 valence electrons. The van der Waals surface area contributed by atoms with Crippen molar-refractivity contribution in [1.29, 1.82) is 0 Å². The van der Waals surface area contributed by atoms with Crippen LogP contribution in [0.15, 0.2) is 42.9 Å². The number of methoxy groups -OCH3 is 1. The van der Waals surface area contributed by atoms with E-state index >= 15 is 0 Å². The molecular weight excluding hydrogens is 370 g/mol. The standard InChI is InChI=1S/C21H25N5O3/c1-13(2)18-5-6-22-21(25-18)24-17-8-14(3)7-15(9-17)16-10-23-26(11-16)12-19(27)20(28)29-4/h5-11,13,19,27H,12H2,1-4H3,(H,22,24,25)/t19-/m0/s1. The zero-order valence-electron chi connectivity index (χ0n) is 17.0. The summed E-state index contributed by atoms with van der Waals surface area (Å²) in [7, 11) is 1.24. The van der Waals surface area contributed by atoms with Gasteiger partial charge >= 0.3 is 5.97 Å². The third-order valence-electron chi connectivity index (χ3n) is 4.40. The number of ether oxygens (including phenoxy) is 1. The fourth-order valence-corrected chi connectivity index (χ4v) is 2.91. The molecule has 0 radical (unpaired) electrons. The predicted octanol–water partition coefficient (Wildman–Crippen LogP) is 3.05. The third-order valence-corrected chi connectivity index (χ3v) is 4.40. The molecule has 0 saturated carbocycles. The highest BCUT2D eigenvalue weighted by molar-refractivity contribution is 5.74. The average Bonchev–Trinajstić information content (AvgIpc) is 3.15. The van der Waals surface area contributed by atoms with Crippen LogP contribution in [0.1, 0.15) is 31.0 Å². The van der Waals surface area contributed by atoms with Crippen LogP contribution in [0.2, 0.25) is 0 Å². The van der Waals surface area contributed by atoms with Crippen molar-refractivity contribution in [3.63, 3.8) is 0 Å². The normalized spacial score (nSPS) is 12.1. The smallest absolute Gasteiger partial charge is 0.336 e. The number of benzene rings is 1. The van der Waals surface area contributed by atoms with Gasteiger partial charge < -0.3 is 15.2 Å². The van der Waals surface area contributed by atoms with Gasteiger partial charge in [-0.15, -0.1) is 0 Å². The number of aryl methyl sites for hydroxylation is 1. The summed E-state index contributed by atoms with van der Waals surface area (Å²) in [5.74, 6) is 0.176. The van der Waals surface area contributed by atoms with Crippen LogP contribution in [0, 0.1) is 6.92 Å². The number of aliphatic hydroxyl groups is 1. The minimum Gasteiger partial charge on any atom is -0.467 e. The summed E-state index contributed by atoms with van der Waals surface area (Å²) in [6.07, 6.45) is 3.96. The number of anilines is 2. The van der Waals surface area contributed by atoms with Gasteiger partial charge in [0.2, 0.25) is 5.95 Å². The van der Waals surface area contributed by atoms with Crippen LogP contribution in [-0.2, 0) is 16.1 Å². The Balaban J connectivity index is 1.81. The number of carbonyl (C=O) groups excluding carboxylic acids is 1. The van der Waals surface area contributed by atoms with E-state index in [-0.39, 0.29) is 6.54 Å². The summed E-state index contributed by atoms with van der Waals surface area (Å²) in [4.78, 5) is 20.2. The zero-order valence-corrected chi connectivity index (χ0v) is 17.0. The molecule has 2 heterocycles. The first-order valence-electron chi connectivity index (χ1n) is 9.36. The van der Waals surface area contributed by atoms with E-state index in [2.05, 4.69) is 39.0 Å². The van der Waals surface area contributed by atoms with Crippen molar-refractivity contribution < 1.29 is 14.6 Å². The van der Waals surface area contributed by atoms with E-state index in [0.717, 1.165) is 28.1 Å². The first-order valence-corrected chi connectivity index (χ1v) is 9.36. The average molecular weight is 395 g/mol. The highest BCUT2D eigenvalue weighted by atomic mass is 16.5. The first-order chi connectivity index (χ1) is 13.9. The number of esters is 1. The van der Waals surface area contributed by atoms with E-state index in [1.54, 1.807) is 18.6 Å². The number of carbonyl (C=O) groups is 1. The number of rotatable bonds is 7. The molecule has 0 saturated heterocycles. The second-order valence-electron chi connectivity index (χ2n) is 7.16. The van der Waals surface area contributed by atoms with Gasteiger partial charge in [0.1, 0.15) is 0 Å². The van der Waals surface area contributed by atoms with Crippen molar-refractivity contribution in [2.75, 3.05) is 12.4 Å². The lowest BCUT2D eigenvalue weighted by Gasteiger charge is -2.10. The summed E-state index contributed by atoms with van der Waals surface area (Å²) < 4.78 is 6.05. The molecule has 0 aliphatic heterocycles. The van der Waals surface area contributed by atoms with Crippen molar-refractivity contribution in [2.45, 2.75) is 39.3 Å². The maximum atomic E-state index is 11.4. The molecule has 8 nitrogen and oxygen atoms in total. The molecule has 0 spiro atoms. The summed E-state index contributed by atoms with van der Waals surface area (Å²) in [6.45, 7) is 6.21. The second kappa shape index (κ2) is 8.83. The summed E-state index contributed by atoms with van der Waals surface area (Å²) in [6, 6.07) is 7.94. The van der Waals surface area contributed by atoms with E-state index in [1.807, 2.05) is 31.2 Å². The maximum Gasteiger partial charge on any atom is 0.336 e. The SMILES string of the molecule is COC(=O)[C@@H](O)Cn1cc(-c2cc(C)cc(Nc3nccc(C(C)C)n3)c2)cn1.